The van der Waals surface area contributed by atoms with Crippen LogP contribution in [0.25, 0.3) is 0 Å². The Labute approximate surface area is 172 Å². The number of carbonyl (C=O) groups is 5. The summed E-state index contributed by atoms with van der Waals surface area (Å²) in [6.45, 7) is -0.608. The number of imide groups is 1. The molecule has 2 fully saturated rings. The summed E-state index contributed by atoms with van der Waals surface area (Å²) < 4.78 is 9.50. The van der Waals surface area contributed by atoms with E-state index < -0.39 is 36.0 Å². The zero-order chi connectivity index (χ0) is 21.7. The maximum atomic E-state index is 12.5. The summed E-state index contributed by atoms with van der Waals surface area (Å²) in [4.78, 5) is 60.8. The third kappa shape index (κ3) is 4.58. The number of urea groups is 1. The van der Waals surface area contributed by atoms with Crippen LogP contribution in [0.3, 0.4) is 0 Å². The van der Waals surface area contributed by atoms with E-state index in [0.717, 1.165) is 17.7 Å². The molecule has 1 aromatic rings. The number of rotatable bonds is 7. The van der Waals surface area contributed by atoms with E-state index in [-0.39, 0.29) is 18.9 Å². The molecule has 1 saturated carbocycles. The second-order valence-electron chi connectivity index (χ2n) is 7.20. The molecular weight excluding hydrogens is 394 g/mol. The summed E-state index contributed by atoms with van der Waals surface area (Å²) >= 11 is 0. The Hall–Kier alpha value is -3.43. The summed E-state index contributed by atoms with van der Waals surface area (Å²) in [5.74, 6) is -2.05. The molecule has 0 bridgehead atoms. The van der Waals surface area contributed by atoms with Gasteiger partial charge in [-0.25, -0.2) is 9.59 Å². The predicted molar refractivity (Wildman–Crippen MR) is 103 cm³/mol. The minimum absolute atomic E-state index is 0.0954. The highest BCUT2D eigenvalue weighted by Crippen LogP contribution is 2.35. The molecule has 4 amide bonds. The fourth-order valence-corrected chi connectivity index (χ4v) is 3.62. The van der Waals surface area contributed by atoms with Gasteiger partial charge in [-0.05, 0) is 37.1 Å². The first-order valence-corrected chi connectivity index (χ1v) is 9.62. The predicted octanol–water partition coefficient (Wildman–Crippen LogP) is 1.21. The number of anilines is 1. The van der Waals surface area contributed by atoms with Crippen molar-refractivity contribution >= 4 is 35.5 Å². The normalized spacial score (nSPS) is 17.0. The van der Waals surface area contributed by atoms with Crippen LogP contribution in [0.2, 0.25) is 0 Å². The van der Waals surface area contributed by atoms with Gasteiger partial charge in [-0.15, -0.1) is 0 Å². The third-order valence-electron chi connectivity index (χ3n) is 5.20. The van der Waals surface area contributed by atoms with E-state index in [0.29, 0.717) is 24.1 Å². The van der Waals surface area contributed by atoms with E-state index in [9.17, 15) is 24.0 Å². The fraction of sp³-hybridized carbons (Fsp3) is 0.450. The topological polar surface area (TPSA) is 131 Å². The summed E-state index contributed by atoms with van der Waals surface area (Å²) in [6, 6.07) is 5.51. The van der Waals surface area contributed by atoms with Gasteiger partial charge in [0, 0.05) is 12.2 Å². The number of esters is 2. The Kier molecular flexibility index (Phi) is 6.34. The number of amides is 4. The Balaban J connectivity index is 1.41. The van der Waals surface area contributed by atoms with Gasteiger partial charge in [0.1, 0.15) is 5.54 Å². The molecule has 3 rings (SSSR count). The Morgan fingerprint density at radius 3 is 2.43 bits per heavy atom. The molecule has 10 heteroatoms. The number of ether oxygens (including phenoxy) is 2. The highest BCUT2D eigenvalue weighted by Gasteiger charge is 2.52. The molecule has 10 nitrogen and oxygen atoms in total. The summed E-state index contributed by atoms with van der Waals surface area (Å²) in [6.07, 6.45) is 2.78. The summed E-state index contributed by atoms with van der Waals surface area (Å²) in [7, 11) is 1.27. The van der Waals surface area contributed by atoms with Crippen molar-refractivity contribution in [3.63, 3.8) is 0 Å². The lowest BCUT2D eigenvalue weighted by atomic mass is 9.98. The molecule has 0 atom stereocenters. The molecule has 1 heterocycles. The van der Waals surface area contributed by atoms with E-state index >= 15 is 0 Å². The Morgan fingerprint density at radius 2 is 1.80 bits per heavy atom. The van der Waals surface area contributed by atoms with E-state index in [4.69, 9.17) is 4.74 Å². The first kappa shape index (κ1) is 21.3. The van der Waals surface area contributed by atoms with Crippen LogP contribution in [0.5, 0.6) is 0 Å². The minimum atomic E-state index is -0.815. The van der Waals surface area contributed by atoms with Crippen LogP contribution in [-0.2, 0) is 23.9 Å². The van der Waals surface area contributed by atoms with Crippen LogP contribution in [0.15, 0.2) is 24.3 Å². The maximum Gasteiger partial charge on any atom is 0.337 e. The zero-order valence-electron chi connectivity index (χ0n) is 16.6. The smallest absolute Gasteiger partial charge is 0.337 e. The first-order valence-electron chi connectivity index (χ1n) is 9.62. The van der Waals surface area contributed by atoms with Crippen LogP contribution >= 0.6 is 0 Å². The average molecular weight is 417 g/mol. The van der Waals surface area contributed by atoms with Gasteiger partial charge in [0.25, 0.3) is 11.8 Å². The van der Waals surface area contributed by atoms with Gasteiger partial charge < -0.3 is 20.1 Å². The van der Waals surface area contributed by atoms with Gasteiger partial charge in [-0.2, -0.15) is 0 Å². The van der Waals surface area contributed by atoms with Gasteiger partial charge in [0.15, 0.2) is 6.61 Å². The third-order valence-corrected chi connectivity index (χ3v) is 5.20. The maximum absolute atomic E-state index is 12.5. The quantitative estimate of drug-likeness (QED) is 0.503. The van der Waals surface area contributed by atoms with Crippen molar-refractivity contribution in [3.8, 4) is 0 Å². The van der Waals surface area contributed by atoms with Crippen molar-refractivity contribution in [2.24, 2.45) is 0 Å². The largest absolute Gasteiger partial charge is 0.465 e. The zero-order valence-corrected chi connectivity index (χ0v) is 16.6. The molecule has 0 radical (unpaired) electrons. The van der Waals surface area contributed by atoms with Gasteiger partial charge in [0.2, 0.25) is 0 Å². The molecule has 1 saturated heterocycles. The van der Waals surface area contributed by atoms with Crippen LogP contribution in [-0.4, -0.2) is 60.5 Å². The van der Waals surface area contributed by atoms with Crippen LogP contribution in [0.4, 0.5) is 10.5 Å². The molecule has 0 aromatic heterocycles. The van der Waals surface area contributed by atoms with E-state index in [1.807, 2.05) is 0 Å². The van der Waals surface area contributed by atoms with Crippen molar-refractivity contribution in [3.05, 3.63) is 29.8 Å². The molecule has 2 N–H and O–H groups in total. The summed E-state index contributed by atoms with van der Waals surface area (Å²) in [5, 5.41) is 5.27. The number of carbonyl (C=O) groups excluding carboxylic acids is 5. The van der Waals surface area contributed by atoms with Gasteiger partial charge in [-0.1, -0.05) is 12.8 Å². The lowest BCUT2D eigenvalue weighted by Gasteiger charge is -2.19. The molecule has 1 spiro atoms. The van der Waals surface area contributed by atoms with Crippen molar-refractivity contribution in [2.75, 3.05) is 25.6 Å². The molecule has 1 aromatic carbocycles. The van der Waals surface area contributed by atoms with Crippen molar-refractivity contribution in [1.82, 2.24) is 10.2 Å². The molecule has 1 aliphatic heterocycles. The molecule has 1 aliphatic carbocycles. The van der Waals surface area contributed by atoms with Crippen molar-refractivity contribution < 1.29 is 33.4 Å². The van der Waals surface area contributed by atoms with E-state index in [1.54, 1.807) is 0 Å². The SMILES string of the molecule is COC(=O)c1ccc(NC(=O)COC(=O)CCN2C(=O)NC3(CCCC3)C2=O)cc1. The molecule has 160 valence electrons. The van der Waals surface area contributed by atoms with Crippen LogP contribution in [0.1, 0.15) is 42.5 Å². The highest BCUT2D eigenvalue weighted by molar-refractivity contribution is 6.07. The number of nitrogens with zero attached hydrogens (tertiary/aromatic N) is 1. The molecule has 30 heavy (non-hydrogen) atoms. The van der Waals surface area contributed by atoms with Gasteiger partial charge in [-0.3, -0.25) is 19.3 Å². The first-order chi connectivity index (χ1) is 14.3. The molecule has 0 unspecified atom stereocenters. The standard InChI is InChI=1S/C20H23N3O7/c1-29-17(26)13-4-6-14(7-5-13)21-15(24)12-30-16(25)8-11-23-18(27)20(22-19(23)28)9-2-3-10-20/h4-7H,2-3,8-12H2,1H3,(H,21,24)(H,22,28). The number of hydrogen-bond acceptors (Lipinski definition) is 7. The minimum Gasteiger partial charge on any atom is -0.465 e. The van der Waals surface area contributed by atoms with Gasteiger partial charge in [0.05, 0.1) is 19.1 Å². The lowest BCUT2D eigenvalue weighted by molar-refractivity contribution is -0.147. The summed E-state index contributed by atoms with van der Waals surface area (Å²) in [5.41, 5.74) is -0.0590. The average Bonchev–Trinajstić information content (AvgIpc) is 3.30. The fourth-order valence-electron chi connectivity index (χ4n) is 3.62. The number of nitrogens with one attached hydrogen (secondary N) is 2. The number of methoxy groups -OCH3 is 1. The number of hydrogen-bond donors (Lipinski definition) is 2. The van der Waals surface area contributed by atoms with Crippen molar-refractivity contribution in [1.29, 1.82) is 0 Å². The Bertz CT molecular complexity index is 860. The van der Waals surface area contributed by atoms with Crippen LogP contribution in [0, 0.1) is 0 Å². The monoisotopic (exact) mass is 417 g/mol. The van der Waals surface area contributed by atoms with Crippen molar-refractivity contribution in [2.45, 2.75) is 37.6 Å². The lowest BCUT2D eigenvalue weighted by Crippen LogP contribution is -2.44. The Morgan fingerprint density at radius 1 is 1.13 bits per heavy atom. The highest BCUT2D eigenvalue weighted by atomic mass is 16.5. The second kappa shape index (κ2) is 8.93. The van der Waals surface area contributed by atoms with E-state index in [1.165, 1.54) is 31.4 Å². The molecular formula is C20H23N3O7. The van der Waals surface area contributed by atoms with E-state index in [2.05, 4.69) is 15.4 Å². The molecule has 2 aliphatic rings. The van der Waals surface area contributed by atoms with Gasteiger partial charge >= 0.3 is 18.0 Å². The number of benzene rings is 1. The second-order valence-corrected chi connectivity index (χ2v) is 7.20. The van der Waals surface area contributed by atoms with Crippen LogP contribution < -0.4 is 10.6 Å².